The highest BCUT2D eigenvalue weighted by atomic mass is 16.6. The van der Waals surface area contributed by atoms with Gasteiger partial charge in [-0.15, -0.1) is 0 Å². The SMILES string of the molecule is COc1cc(N)ccc1OCC(=O)OC(C)(C)C. The maximum Gasteiger partial charge on any atom is 0.344 e. The summed E-state index contributed by atoms with van der Waals surface area (Å²) in [5.41, 5.74) is 5.66. The van der Waals surface area contributed by atoms with Crippen LogP contribution in [0.3, 0.4) is 0 Å². The van der Waals surface area contributed by atoms with E-state index in [9.17, 15) is 4.79 Å². The Morgan fingerprint density at radius 2 is 1.94 bits per heavy atom. The van der Waals surface area contributed by atoms with E-state index in [4.69, 9.17) is 19.9 Å². The minimum Gasteiger partial charge on any atom is -0.493 e. The van der Waals surface area contributed by atoms with Crippen LogP contribution in [0.4, 0.5) is 5.69 Å². The summed E-state index contributed by atoms with van der Waals surface area (Å²) in [6.07, 6.45) is 0. The smallest absolute Gasteiger partial charge is 0.344 e. The molecule has 0 radical (unpaired) electrons. The molecule has 0 atom stereocenters. The molecule has 0 aliphatic rings. The van der Waals surface area contributed by atoms with Crippen LogP contribution in [0.1, 0.15) is 20.8 Å². The van der Waals surface area contributed by atoms with Gasteiger partial charge in [-0.25, -0.2) is 4.79 Å². The Morgan fingerprint density at radius 1 is 1.28 bits per heavy atom. The van der Waals surface area contributed by atoms with Crippen molar-refractivity contribution in [2.75, 3.05) is 19.5 Å². The molecule has 5 heteroatoms. The van der Waals surface area contributed by atoms with Gasteiger partial charge < -0.3 is 19.9 Å². The standard InChI is InChI=1S/C13H19NO4/c1-13(2,3)18-12(15)8-17-10-6-5-9(14)7-11(10)16-4/h5-7H,8,14H2,1-4H3. The van der Waals surface area contributed by atoms with Gasteiger partial charge in [0, 0.05) is 11.8 Å². The summed E-state index contributed by atoms with van der Waals surface area (Å²) >= 11 is 0. The van der Waals surface area contributed by atoms with Crippen LogP contribution in [0.2, 0.25) is 0 Å². The highest BCUT2D eigenvalue weighted by Gasteiger charge is 2.17. The lowest BCUT2D eigenvalue weighted by atomic mass is 10.2. The third-order valence-electron chi connectivity index (χ3n) is 1.95. The first-order valence-corrected chi connectivity index (χ1v) is 5.60. The van der Waals surface area contributed by atoms with Crippen molar-refractivity contribution in [3.63, 3.8) is 0 Å². The number of carbonyl (C=O) groups is 1. The molecule has 0 heterocycles. The molecule has 0 aliphatic carbocycles. The summed E-state index contributed by atoms with van der Waals surface area (Å²) in [7, 11) is 1.51. The molecule has 0 fully saturated rings. The summed E-state index contributed by atoms with van der Waals surface area (Å²) in [5.74, 6) is 0.512. The number of benzene rings is 1. The number of carbonyl (C=O) groups excluding carboxylic acids is 1. The lowest BCUT2D eigenvalue weighted by Crippen LogP contribution is -2.27. The average molecular weight is 253 g/mol. The molecule has 5 nitrogen and oxygen atoms in total. The van der Waals surface area contributed by atoms with Gasteiger partial charge in [-0.2, -0.15) is 0 Å². The van der Waals surface area contributed by atoms with Crippen molar-refractivity contribution in [3.8, 4) is 11.5 Å². The van der Waals surface area contributed by atoms with E-state index in [0.29, 0.717) is 17.2 Å². The van der Waals surface area contributed by atoms with Crippen molar-refractivity contribution >= 4 is 11.7 Å². The van der Waals surface area contributed by atoms with E-state index in [1.165, 1.54) is 7.11 Å². The molecule has 0 amide bonds. The predicted molar refractivity (Wildman–Crippen MR) is 68.7 cm³/mol. The minimum absolute atomic E-state index is 0.169. The Morgan fingerprint density at radius 3 is 2.50 bits per heavy atom. The number of hydrogen-bond acceptors (Lipinski definition) is 5. The van der Waals surface area contributed by atoms with Crippen molar-refractivity contribution in [1.29, 1.82) is 0 Å². The number of nitrogens with two attached hydrogens (primary N) is 1. The molecule has 1 rings (SSSR count). The monoisotopic (exact) mass is 253 g/mol. The van der Waals surface area contributed by atoms with Crippen LogP contribution in [0, 0.1) is 0 Å². The second-order valence-corrected chi connectivity index (χ2v) is 4.79. The third-order valence-corrected chi connectivity index (χ3v) is 1.95. The Hall–Kier alpha value is -1.91. The van der Waals surface area contributed by atoms with E-state index >= 15 is 0 Å². The molecule has 0 saturated carbocycles. The van der Waals surface area contributed by atoms with Gasteiger partial charge in [0.2, 0.25) is 0 Å². The second-order valence-electron chi connectivity index (χ2n) is 4.79. The van der Waals surface area contributed by atoms with Crippen LogP contribution in [-0.2, 0) is 9.53 Å². The lowest BCUT2D eigenvalue weighted by molar-refractivity contribution is -0.157. The Labute approximate surface area is 107 Å². The first-order chi connectivity index (χ1) is 8.31. The third kappa shape index (κ3) is 4.53. The fourth-order valence-corrected chi connectivity index (χ4v) is 1.31. The maximum absolute atomic E-state index is 11.5. The van der Waals surface area contributed by atoms with Crippen molar-refractivity contribution < 1.29 is 19.0 Å². The first kappa shape index (κ1) is 14.2. The molecular formula is C13H19NO4. The molecule has 0 saturated heterocycles. The second kappa shape index (κ2) is 5.62. The van der Waals surface area contributed by atoms with Gasteiger partial charge in [0.25, 0.3) is 0 Å². The molecular weight excluding hydrogens is 234 g/mol. The highest BCUT2D eigenvalue weighted by Crippen LogP contribution is 2.28. The molecule has 0 bridgehead atoms. The molecule has 0 spiro atoms. The number of nitrogen functional groups attached to an aromatic ring is 1. The van der Waals surface area contributed by atoms with Crippen molar-refractivity contribution in [3.05, 3.63) is 18.2 Å². The minimum atomic E-state index is -0.522. The van der Waals surface area contributed by atoms with Crippen LogP contribution < -0.4 is 15.2 Å². The van der Waals surface area contributed by atoms with E-state index in [1.54, 1.807) is 39.0 Å². The van der Waals surface area contributed by atoms with Crippen LogP contribution in [-0.4, -0.2) is 25.3 Å². The zero-order valence-corrected chi connectivity index (χ0v) is 11.1. The maximum atomic E-state index is 11.5. The largest absolute Gasteiger partial charge is 0.493 e. The molecule has 2 N–H and O–H groups in total. The van der Waals surface area contributed by atoms with Crippen LogP contribution >= 0.6 is 0 Å². The van der Waals surface area contributed by atoms with Gasteiger partial charge in [0.1, 0.15) is 5.60 Å². The molecule has 18 heavy (non-hydrogen) atoms. The fraction of sp³-hybridized carbons (Fsp3) is 0.462. The number of methoxy groups -OCH3 is 1. The van der Waals surface area contributed by atoms with E-state index in [-0.39, 0.29) is 6.61 Å². The predicted octanol–water partition coefficient (Wildman–Crippen LogP) is 2.00. The van der Waals surface area contributed by atoms with Crippen molar-refractivity contribution in [2.24, 2.45) is 0 Å². The molecule has 0 aromatic heterocycles. The summed E-state index contributed by atoms with van der Waals surface area (Å²) < 4.78 is 15.6. The van der Waals surface area contributed by atoms with Crippen LogP contribution in [0.5, 0.6) is 11.5 Å². The van der Waals surface area contributed by atoms with E-state index < -0.39 is 11.6 Å². The van der Waals surface area contributed by atoms with E-state index in [2.05, 4.69) is 0 Å². The summed E-state index contributed by atoms with van der Waals surface area (Å²) in [6.45, 7) is 5.23. The van der Waals surface area contributed by atoms with Gasteiger partial charge in [-0.3, -0.25) is 0 Å². The van der Waals surface area contributed by atoms with E-state index in [1.807, 2.05) is 0 Å². The quantitative estimate of drug-likeness (QED) is 0.656. The van der Waals surface area contributed by atoms with Crippen LogP contribution in [0.15, 0.2) is 18.2 Å². The summed E-state index contributed by atoms with van der Waals surface area (Å²) in [5, 5.41) is 0. The zero-order chi connectivity index (χ0) is 13.8. The number of anilines is 1. The Bertz CT molecular complexity index is 423. The molecule has 0 unspecified atom stereocenters. The summed E-state index contributed by atoms with van der Waals surface area (Å²) in [4.78, 5) is 11.5. The van der Waals surface area contributed by atoms with Gasteiger partial charge in [-0.05, 0) is 32.9 Å². The normalized spacial score (nSPS) is 10.9. The molecule has 1 aromatic rings. The van der Waals surface area contributed by atoms with Crippen molar-refractivity contribution in [1.82, 2.24) is 0 Å². The van der Waals surface area contributed by atoms with Gasteiger partial charge in [0.15, 0.2) is 18.1 Å². The summed E-state index contributed by atoms with van der Waals surface area (Å²) in [6, 6.07) is 4.95. The molecule has 1 aromatic carbocycles. The number of esters is 1. The van der Waals surface area contributed by atoms with E-state index in [0.717, 1.165) is 0 Å². The Kier molecular flexibility index (Phi) is 4.42. The topological polar surface area (TPSA) is 70.8 Å². The fourth-order valence-electron chi connectivity index (χ4n) is 1.31. The van der Waals surface area contributed by atoms with Crippen LogP contribution in [0.25, 0.3) is 0 Å². The van der Waals surface area contributed by atoms with Crippen molar-refractivity contribution in [2.45, 2.75) is 26.4 Å². The Balaban J connectivity index is 2.61. The lowest BCUT2D eigenvalue weighted by Gasteiger charge is -2.19. The first-order valence-electron chi connectivity index (χ1n) is 5.60. The zero-order valence-electron chi connectivity index (χ0n) is 11.1. The molecule has 100 valence electrons. The number of ether oxygens (including phenoxy) is 3. The molecule has 0 aliphatic heterocycles. The number of rotatable bonds is 4. The van der Waals surface area contributed by atoms with Gasteiger partial charge >= 0.3 is 5.97 Å². The average Bonchev–Trinajstić information content (AvgIpc) is 2.24. The van der Waals surface area contributed by atoms with Gasteiger partial charge in [0.05, 0.1) is 7.11 Å². The highest BCUT2D eigenvalue weighted by molar-refractivity contribution is 5.71. The number of hydrogen-bond donors (Lipinski definition) is 1. The van der Waals surface area contributed by atoms with Gasteiger partial charge in [-0.1, -0.05) is 0 Å².